The Bertz CT molecular complexity index is 290. The second-order valence-electron chi connectivity index (χ2n) is 6.74. The molecule has 106 valence electrons. The quantitative estimate of drug-likeness (QED) is 0.427. The predicted octanol–water partition coefficient (Wildman–Crippen LogP) is 3.34. The fourth-order valence-corrected chi connectivity index (χ4v) is 8.85. The van der Waals surface area contributed by atoms with E-state index in [1.807, 2.05) is 0 Å². The van der Waals surface area contributed by atoms with Gasteiger partial charge in [-0.15, -0.1) is 0 Å². The standard InChI is InChI=1S/C13H28O3Si2/c1-9-12(14)15-10-11(13(2,3)4)17(5)16-18(6,7)8/h9,11,17H,1,10H2,2-8H3. The normalized spacial score (nSPS) is 15.9. The number of rotatable bonds is 6. The van der Waals surface area contributed by atoms with Gasteiger partial charge in [-0.25, -0.2) is 4.79 Å². The van der Waals surface area contributed by atoms with Gasteiger partial charge in [-0.3, -0.25) is 0 Å². The van der Waals surface area contributed by atoms with Crippen molar-refractivity contribution in [1.82, 2.24) is 0 Å². The van der Waals surface area contributed by atoms with Crippen molar-refractivity contribution in [2.75, 3.05) is 6.61 Å². The smallest absolute Gasteiger partial charge is 0.330 e. The Kier molecular flexibility index (Phi) is 6.53. The lowest BCUT2D eigenvalue weighted by Gasteiger charge is -2.36. The minimum absolute atomic E-state index is 0.0900. The summed E-state index contributed by atoms with van der Waals surface area (Å²) < 4.78 is 11.5. The summed E-state index contributed by atoms with van der Waals surface area (Å²) in [5.41, 5.74) is 0.403. The molecule has 0 saturated heterocycles. The number of esters is 1. The Morgan fingerprint density at radius 2 is 1.89 bits per heavy atom. The molecule has 0 aromatic carbocycles. The number of hydrogen-bond acceptors (Lipinski definition) is 3. The van der Waals surface area contributed by atoms with Gasteiger partial charge in [0.2, 0.25) is 0 Å². The zero-order chi connectivity index (χ0) is 14.6. The third-order valence-corrected chi connectivity index (χ3v) is 9.43. The monoisotopic (exact) mass is 288 g/mol. The lowest BCUT2D eigenvalue weighted by molar-refractivity contribution is -0.138. The van der Waals surface area contributed by atoms with E-state index in [9.17, 15) is 4.79 Å². The molecule has 0 aromatic rings. The topological polar surface area (TPSA) is 35.5 Å². The van der Waals surface area contributed by atoms with E-state index >= 15 is 0 Å². The van der Waals surface area contributed by atoms with Crippen molar-refractivity contribution in [3.8, 4) is 0 Å². The van der Waals surface area contributed by atoms with Gasteiger partial charge in [0.25, 0.3) is 0 Å². The molecule has 0 heterocycles. The van der Waals surface area contributed by atoms with Gasteiger partial charge in [-0.1, -0.05) is 27.4 Å². The number of carbonyl (C=O) groups is 1. The zero-order valence-electron chi connectivity index (χ0n) is 12.9. The van der Waals surface area contributed by atoms with E-state index in [2.05, 4.69) is 53.5 Å². The van der Waals surface area contributed by atoms with Crippen LogP contribution in [0.2, 0.25) is 31.7 Å². The third kappa shape index (κ3) is 7.13. The molecule has 2 atom stereocenters. The molecule has 2 unspecified atom stereocenters. The highest BCUT2D eigenvalue weighted by Gasteiger charge is 2.35. The molecule has 3 nitrogen and oxygen atoms in total. The molecule has 0 aliphatic rings. The molecular formula is C13H28O3Si2. The van der Waals surface area contributed by atoms with Crippen molar-refractivity contribution >= 4 is 23.3 Å². The average Bonchev–Trinajstić information content (AvgIpc) is 2.12. The Hall–Kier alpha value is -0.396. The Morgan fingerprint density at radius 1 is 1.39 bits per heavy atom. The van der Waals surface area contributed by atoms with E-state index in [0.717, 1.165) is 0 Å². The van der Waals surface area contributed by atoms with Crippen molar-refractivity contribution in [3.63, 3.8) is 0 Å². The van der Waals surface area contributed by atoms with Gasteiger partial charge in [0, 0.05) is 11.6 Å². The van der Waals surface area contributed by atoms with E-state index in [4.69, 9.17) is 8.85 Å². The number of ether oxygens (including phenoxy) is 1. The molecule has 0 fully saturated rings. The highest BCUT2D eigenvalue weighted by molar-refractivity contribution is 6.77. The van der Waals surface area contributed by atoms with E-state index in [1.165, 1.54) is 6.08 Å². The summed E-state index contributed by atoms with van der Waals surface area (Å²) in [6, 6.07) is 0. The van der Waals surface area contributed by atoms with Gasteiger partial charge < -0.3 is 8.85 Å². The molecule has 0 bridgehead atoms. The van der Waals surface area contributed by atoms with Gasteiger partial charge >= 0.3 is 5.97 Å². The molecule has 0 aliphatic carbocycles. The largest absolute Gasteiger partial charge is 0.462 e. The van der Waals surface area contributed by atoms with Crippen LogP contribution in [0.25, 0.3) is 0 Å². The SMILES string of the molecule is C=CC(=O)OCC([SiH](C)O[Si](C)(C)C)C(C)(C)C. The lowest BCUT2D eigenvalue weighted by atomic mass is 9.92. The summed E-state index contributed by atoms with van der Waals surface area (Å²) in [7, 11) is -2.91. The Morgan fingerprint density at radius 3 is 2.22 bits per heavy atom. The summed E-state index contributed by atoms with van der Waals surface area (Å²) in [6.45, 7) is 19.2. The van der Waals surface area contributed by atoms with E-state index < -0.39 is 17.4 Å². The third-order valence-electron chi connectivity index (χ3n) is 2.79. The highest BCUT2D eigenvalue weighted by atomic mass is 28.4. The van der Waals surface area contributed by atoms with Crippen LogP contribution in [0.3, 0.4) is 0 Å². The van der Waals surface area contributed by atoms with Crippen LogP contribution in [-0.4, -0.2) is 29.9 Å². The molecule has 0 aromatic heterocycles. The van der Waals surface area contributed by atoms with Crippen molar-refractivity contribution in [2.24, 2.45) is 5.41 Å². The van der Waals surface area contributed by atoms with Crippen LogP contribution >= 0.6 is 0 Å². The minimum atomic E-state index is -1.53. The second kappa shape index (κ2) is 6.68. The molecule has 0 aliphatic heterocycles. The Labute approximate surface area is 114 Å². The first-order valence-electron chi connectivity index (χ1n) is 6.44. The minimum Gasteiger partial charge on any atom is -0.462 e. The molecule has 0 radical (unpaired) electrons. The Balaban J connectivity index is 4.69. The number of hydrogen-bond donors (Lipinski definition) is 0. The van der Waals surface area contributed by atoms with Crippen molar-refractivity contribution in [2.45, 2.75) is 52.5 Å². The maximum atomic E-state index is 11.2. The molecule has 18 heavy (non-hydrogen) atoms. The summed E-state index contributed by atoms with van der Waals surface area (Å²) in [6.07, 6.45) is 1.21. The summed E-state index contributed by atoms with van der Waals surface area (Å²) >= 11 is 0. The predicted molar refractivity (Wildman–Crippen MR) is 81.8 cm³/mol. The number of carbonyl (C=O) groups excluding carboxylic acids is 1. The molecule has 0 N–H and O–H groups in total. The molecule has 5 heteroatoms. The van der Waals surface area contributed by atoms with Crippen molar-refractivity contribution in [1.29, 1.82) is 0 Å². The van der Waals surface area contributed by atoms with Crippen LogP contribution in [0.1, 0.15) is 20.8 Å². The first-order chi connectivity index (χ1) is 7.97. The van der Waals surface area contributed by atoms with Crippen LogP contribution in [0.4, 0.5) is 0 Å². The van der Waals surface area contributed by atoms with Crippen LogP contribution in [-0.2, 0) is 13.6 Å². The van der Waals surface area contributed by atoms with Crippen molar-refractivity contribution < 1.29 is 13.6 Å². The van der Waals surface area contributed by atoms with E-state index in [1.54, 1.807) is 0 Å². The fraction of sp³-hybridized carbons (Fsp3) is 0.769. The van der Waals surface area contributed by atoms with Gasteiger partial charge in [-0.05, 0) is 31.6 Å². The van der Waals surface area contributed by atoms with Crippen LogP contribution in [0, 0.1) is 5.41 Å². The van der Waals surface area contributed by atoms with Gasteiger partial charge in [-0.2, -0.15) is 0 Å². The van der Waals surface area contributed by atoms with Gasteiger partial charge in [0.05, 0.1) is 6.61 Å². The first-order valence-corrected chi connectivity index (χ1v) is 12.1. The fourth-order valence-electron chi connectivity index (χ4n) is 1.96. The summed E-state index contributed by atoms with van der Waals surface area (Å²) in [4.78, 5) is 11.2. The molecule has 0 saturated carbocycles. The van der Waals surface area contributed by atoms with Crippen molar-refractivity contribution in [3.05, 3.63) is 12.7 Å². The van der Waals surface area contributed by atoms with Crippen LogP contribution in [0.15, 0.2) is 12.7 Å². The summed E-state index contributed by atoms with van der Waals surface area (Å²) in [5, 5.41) is 0. The summed E-state index contributed by atoms with van der Waals surface area (Å²) in [5.74, 6) is -0.349. The molecule has 0 spiro atoms. The van der Waals surface area contributed by atoms with E-state index in [0.29, 0.717) is 12.1 Å². The average molecular weight is 289 g/mol. The molecular weight excluding hydrogens is 260 g/mol. The molecule has 0 amide bonds. The molecule has 0 rings (SSSR count). The second-order valence-corrected chi connectivity index (χ2v) is 14.1. The lowest BCUT2D eigenvalue weighted by Crippen LogP contribution is -2.41. The van der Waals surface area contributed by atoms with Crippen LogP contribution in [0.5, 0.6) is 0 Å². The zero-order valence-corrected chi connectivity index (χ0v) is 15.0. The maximum Gasteiger partial charge on any atom is 0.330 e. The highest BCUT2D eigenvalue weighted by Crippen LogP contribution is 2.35. The maximum absolute atomic E-state index is 11.2. The van der Waals surface area contributed by atoms with E-state index in [-0.39, 0.29) is 11.4 Å². The van der Waals surface area contributed by atoms with Gasteiger partial charge in [0.1, 0.15) is 0 Å². The van der Waals surface area contributed by atoms with Gasteiger partial charge in [0.15, 0.2) is 17.4 Å². The first kappa shape index (κ1) is 17.6. The van der Waals surface area contributed by atoms with Crippen LogP contribution < -0.4 is 0 Å².